The van der Waals surface area contributed by atoms with Crippen LogP contribution in [0.3, 0.4) is 0 Å². The van der Waals surface area contributed by atoms with Crippen molar-refractivity contribution >= 4 is 27.7 Å². The molecule has 2 rings (SSSR count). The van der Waals surface area contributed by atoms with Crippen molar-refractivity contribution in [3.8, 4) is 0 Å². The second-order valence-electron chi connectivity index (χ2n) is 6.67. The van der Waals surface area contributed by atoms with E-state index in [-0.39, 0.29) is 18.2 Å². The Morgan fingerprint density at radius 3 is 2.45 bits per heavy atom. The van der Waals surface area contributed by atoms with Crippen molar-refractivity contribution in [1.29, 1.82) is 0 Å². The molecule has 0 aromatic heterocycles. The van der Waals surface area contributed by atoms with E-state index in [1.807, 2.05) is 39.0 Å². The first-order chi connectivity index (χ1) is 10.1. The van der Waals surface area contributed by atoms with Crippen LogP contribution >= 0.6 is 15.9 Å². The van der Waals surface area contributed by atoms with Gasteiger partial charge in [0.05, 0.1) is 11.0 Å². The average Bonchev–Trinajstić information content (AvgIpc) is 2.42. The number of halogens is 1. The van der Waals surface area contributed by atoms with Crippen LogP contribution in [-0.4, -0.2) is 30.8 Å². The maximum atomic E-state index is 12.9. The van der Waals surface area contributed by atoms with Crippen molar-refractivity contribution in [1.82, 2.24) is 10.2 Å². The molecule has 120 valence electrons. The minimum atomic E-state index is -0.810. The van der Waals surface area contributed by atoms with E-state index >= 15 is 0 Å². The number of hydrogen-bond acceptors (Lipinski definition) is 2. The van der Waals surface area contributed by atoms with Gasteiger partial charge in [0.15, 0.2) is 0 Å². The van der Waals surface area contributed by atoms with Gasteiger partial charge in [-0.1, -0.05) is 28.9 Å². The third-order valence-electron chi connectivity index (χ3n) is 4.59. The Bertz CT molecular complexity index is 625. The fraction of sp³-hybridized carbons (Fsp3) is 0.529. The van der Waals surface area contributed by atoms with Gasteiger partial charge in [0, 0.05) is 25.0 Å². The molecule has 0 fully saturated rings. The Morgan fingerprint density at radius 2 is 1.91 bits per heavy atom. The molecular weight excluding hydrogens is 344 g/mol. The first-order valence-electron chi connectivity index (χ1n) is 7.47. The number of carbonyl (C=O) groups excluding carboxylic acids is 2. The predicted octanol–water partition coefficient (Wildman–Crippen LogP) is 2.94. The monoisotopic (exact) mass is 366 g/mol. The Kier molecular flexibility index (Phi) is 4.39. The molecule has 2 amide bonds. The van der Waals surface area contributed by atoms with Crippen LogP contribution in [0.2, 0.25) is 0 Å². The van der Waals surface area contributed by atoms with Gasteiger partial charge < -0.3 is 10.2 Å². The van der Waals surface area contributed by atoms with E-state index in [1.165, 1.54) is 0 Å². The number of nitrogens with one attached hydrogen (secondary N) is 1. The van der Waals surface area contributed by atoms with E-state index in [4.69, 9.17) is 0 Å². The second kappa shape index (κ2) is 5.69. The van der Waals surface area contributed by atoms with Gasteiger partial charge in [0.25, 0.3) is 0 Å². The Hall–Kier alpha value is -1.36. The minimum absolute atomic E-state index is 0.0392. The summed E-state index contributed by atoms with van der Waals surface area (Å²) in [5.41, 5.74) is 0.778. The zero-order chi connectivity index (χ0) is 16.7. The van der Waals surface area contributed by atoms with Gasteiger partial charge in [-0.3, -0.25) is 9.59 Å². The summed E-state index contributed by atoms with van der Waals surface area (Å²) >= 11 is 3.50. The largest absolute Gasteiger partial charge is 0.349 e. The van der Waals surface area contributed by atoms with E-state index < -0.39 is 11.0 Å². The lowest BCUT2D eigenvalue weighted by atomic mass is 9.66. The average molecular weight is 367 g/mol. The zero-order valence-corrected chi connectivity index (χ0v) is 15.4. The summed E-state index contributed by atoms with van der Waals surface area (Å²) in [4.78, 5) is 26.8. The highest BCUT2D eigenvalue weighted by molar-refractivity contribution is 9.10. The summed E-state index contributed by atoms with van der Waals surface area (Å²) in [6, 6.07) is 6.00. The van der Waals surface area contributed by atoms with Crippen LogP contribution in [0, 0.1) is 0 Å². The lowest BCUT2D eigenvalue weighted by Gasteiger charge is -2.44. The molecule has 0 spiro atoms. The van der Waals surface area contributed by atoms with E-state index in [0.29, 0.717) is 6.42 Å². The summed E-state index contributed by atoms with van der Waals surface area (Å²) in [5.74, 6) is -0.108. The van der Waals surface area contributed by atoms with Gasteiger partial charge in [-0.2, -0.15) is 0 Å². The van der Waals surface area contributed by atoms with Gasteiger partial charge in [0.2, 0.25) is 11.8 Å². The molecule has 0 saturated carbocycles. The van der Waals surface area contributed by atoms with Crippen molar-refractivity contribution in [2.24, 2.45) is 0 Å². The molecule has 1 aromatic rings. The van der Waals surface area contributed by atoms with Gasteiger partial charge in [-0.25, -0.2) is 0 Å². The van der Waals surface area contributed by atoms with Crippen molar-refractivity contribution in [3.05, 3.63) is 33.8 Å². The Balaban J connectivity index is 2.66. The number of nitrogens with zero attached hydrogens (tertiary/aromatic N) is 1. The molecule has 22 heavy (non-hydrogen) atoms. The molecule has 1 aliphatic heterocycles. The maximum absolute atomic E-state index is 12.9. The molecule has 1 aromatic carbocycles. The predicted molar refractivity (Wildman–Crippen MR) is 90.6 cm³/mol. The fourth-order valence-electron chi connectivity index (χ4n) is 3.12. The molecule has 1 N–H and O–H groups in total. The summed E-state index contributed by atoms with van der Waals surface area (Å²) < 4.78 is 0.923. The number of amides is 2. The number of benzene rings is 1. The van der Waals surface area contributed by atoms with Crippen LogP contribution in [0.5, 0.6) is 0 Å². The number of hydrogen-bond donors (Lipinski definition) is 1. The molecule has 0 radical (unpaired) electrons. The first kappa shape index (κ1) is 17.0. The van der Waals surface area contributed by atoms with Crippen molar-refractivity contribution in [2.75, 3.05) is 14.1 Å². The van der Waals surface area contributed by atoms with Gasteiger partial charge >= 0.3 is 0 Å². The molecule has 0 aliphatic carbocycles. The molecule has 1 aliphatic rings. The lowest BCUT2D eigenvalue weighted by Crippen LogP contribution is -2.57. The van der Waals surface area contributed by atoms with Gasteiger partial charge in [-0.15, -0.1) is 0 Å². The Morgan fingerprint density at radius 1 is 1.27 bits per heavy atom. The highest BCUT2D eigenvalue weighted by atomic mass is 79.9. The first-order valence-corrected chi connectivity index (χ1v) is 8.26. The van der Waals surface area contributed by atoms with E-state index in [2.05, 4.69) is 21.2 Å². The molecule has 0 bridgehead atoms. The maximum Gasteiger partial charge on any atom is 0.231 e. The number of rotatable bonds is 3. The highest BCUT2D eigenvalue weighted by Crippen LogP contribution is 2.43. The van der Waals surface area contributed by atoms with Crippen LogP contribution in [0.15, 0.2) is 22.7 Å². The van der Waals surface area contributed by atoms with E-state index in [9.17, 15) is 9.59 Å². The SMILES string of the molecule is CCC1(CC(=O)N(C)C)C(=O)NC(C)(C)c2ccc(Br)cc21. The third-order valence-corrected chi connectivity index (χ3v) is 5.08. The quantitative estimate of drug-likeness (QED) is 0.893. The van der Waals surface area contributed by atoms with Crippen LogP contribution in [0.1, 0.15) is 44.7 Å². The van der Waals surface area contributed by atoms with Crippen molar-refractivity contribution < 1.29 is 9.59 Å². The van der Waals surface area contributed by atoms with Crippen molar-refractivity contribution in [3.63, 3.8) is 0 Å². The van der Waals surface area contributed by atoms with Gasteiger partial charge in [0.1, 0.15) is 0 Å². The molecule has 4 nitrogen and oxygen atoms in total. The minimum Gasteiger partial charge on any atom is -0.349 e. The summed E-state index contributed by atoms with van der Waals surface area (Å²) in [6.07, 6.45) is 0.764. The third kappa shape index (κ3) is 2.67. The van der Waals surface area contributed by atoms with Crippen molar-refractivity contribution in [2.45, 2.75) is 44.6 Å². The second-order valence-corrected chi connectivity index (χ2v) is 7.59. The molecule has 1 heterocycles. The lowest BCUT2D eigenvalue weighted by molar-refractivity contribution is -0.138. The van der Waals surface area contributed by atoms with E-state index in [1.54, 1.807) is 19.0 Å². The standard InChI is InChI=1S/C17H23BrN2O2/c1-6-17(10-14(21)20(4)5)13-9-11(18)7-8-12(13)16(2,3)19-15(17)22/h7-9H,6,10H2,1-5H3,(H,19,22). The summed E-state index contributed by atoms with van der Waals surface area (Å²) in [7, 11) is 3.44. The van der Waals surface area contributed by atoms with Crippen LogP contribution in [0.4, 0.5) is 0 Å². The van der Waals surface area contributed by atoms with Crippen LogP contribution < -0.4 is 5.32 Å². The van der Waals surface area contributed by atoms with E-state index in [0.717, 1.165) is 15.6 Å². The summed E-state index contributed by atoms with van der Waals surface area (Å²) in [5, 5.41) is 3.09. The van der Waals surface area contributed by atoms with Gasteiger partial charge in [-0.05, 0) is 43.5 Å². The molecule has 1 atom stereocenters. The Labute approximate surface area is 140 Å². The highest BCUT2D eigenvalue weighted by Gasteiger charge is 2.49. The molecule has 5 heteroatoms. The molecular formula is C17H23BrN2O2. The zero-order valence-electron chi connectivity index (χ0n) is 13.8. The normalized spacial score (nSPS) is 22.7. The number of fused-ring (bicyclic) bond motifs is 1. The fourth-order valence-corrected chi connectivity index (χ4v) is 3.48. The molecule has 0 saturated heterocycles. The molecule has 1 unspecified atom stereocenters. The summed E-state index contributed by atoms with van der Waals surface area (Å²) in [6.45, 7) is 5.95. The topological polar surface area (TPSA) is 49.4 Å². The van der Waals surface area contributed by atoms with Crippen LogP contribution in [-0.2, 0) is 20.5 Å². The van der Waals surface area contributed by atoms with Crippen LogP contribution in [0.25, 0.3) is 0 Å². The number of carbonyl (C=O) groups is 2. The smallest absolute Gasteiger partial charge is 0.231 e.